The first-order chi connectivity index (χ1) is 10.7. The molecule has 126 valence electrons. The maximum absolute atomic E-state index is 14.0. The summed E-state index contributed by atoms with van der Waals surface area (Å²) >= 11 is 5.75. The van der Waals surface area contributed by atoms with Gasteiger partial charge in [-0.1, -0.05) is 18.0 Å². The van der Waals surface area contributed by atoms with E-state index in [-0.39, 0.29) is 19.0 Å². The molecule has 1 aliphatic carbocycles. The van der Waals surface area contributed by atoms with Gasteiger partial charge in [0.25, 0.3) is 0 Å². The molecule has 1 saturated heterocycles. The average Bonchev–Trinajstić information content (AvgIpc) is 3.01. The molecule has 3 rings (SSSR count). The number of aliphatic carboxylic acids is 1. The minimum absolute atomic E-state index is 0.0269. The molecule has 0 amide bonds. The fourth-order valence-corrected chi connectivity index (χ4v) is 5.76. The van der Waals surface area contributed by atoms with Gasteiger partial charge in [0.05, 0.1) is 10.4 Å². The van der Waals surface area contributed by atoms with Crippen molar-refractivity contribution in [1.29, 1.82) is 0 Å². The zero-order chi connectivity index (χ0) is 17.0. The maximum Gasteiger partial charge on any atom is 0.311 e. The molecule has 1 aliphatic heterocycles. The highest BCUT2D eigenvalue weighted by Gasteiger charge is 2.57. The molecule has 2 fully saturated rings. The second-order valence-electron chi connectivity index (χ2n) is 6.02. The van der Waals surface area contributed by atoms with Crippen LogP contribution in [0.2, 0.25) is 5.02 Å². The van der Waals surface area contributed by atoms with Gasteiger partial charge in [-0.15, -0.1) is 0 Å². The molecule has 0 spiro atoms. The third-order valence-electron chi connectivity index (χ3n) is 4.87. The van der Waals surface area contributed by atoms with Gasteiger partial charge in [-0.25, -0.2) is 17.2 Å². The van der Waals surface area contributed by atoms with E-state index in [0.29, 0.717) is 19.3 Å². The van der Waals surface area contributed by atoms with Crippen LogP contribution in [0.1, 0.15) is 19.3 Å². The third kappa shape index (κ3) is 2.35. The van der Waals surface area contributed by atoms with Crippen molar-refractivity contribution in [3.05, 3.63) is 28.8 Å². The fraction of sp³-hybridized carbons (Fsp3) is 0.500. The monoisotopic (exact) mass is 365 g/mol. The third-order valence-corrected chi connectivity index (χ3v) is 7.17. The van der Waals surface area contributed by atoms with Crippen molar-refractivity contribution in [3.63, 3.8) is 0 Å². The second kappa shape index (κ2) is 5.39. The first-order valence-corrected chi connectivity index (χ1v) is 8.89. The lowest BCUT2D eigenvalue weighted by molar-refractivity contribution is -0.149. The van der Waals surface area contributed by atoms with E-state index in [1.54, 1.807) is 0 Å². The molecule has 1 saturated carbocycles. The number of benzene rings is 1. The predicted molar refractivity (Wildman–Crippen MR) is 77.5 cm³/mol. The first-order valence-electron chi connectivity index (χ1n) is 7.07. The standard InChI is InChI=1S/C14H14ClF2NO4S/c15-9-3-4-10(16)11(17)12(9)23(21,22)18-6-8-2-1-5-14(8,7-18)13(19)20/h3-4,8H,1-2,5-7H2,(H,19,20)/t8-,14+/m0/s1. The minimum atomic E-state index is -4.41. The molecular formula is C14H14ClF2NO4S. The summed E-state index contributed by atoms with van der Waals surface area (Å²) in [5.74, 6) is -4.24. The minimum Gasteiger partial charge on any atom is -0.481 e. The molecule has 2 atom stereocenters. The highest BCUT2D eigenvalue weighted by Crippen LogP contribution is 2.50. The van der Waals surface area contributed by atoms with Crippen LogP contribution in [0.3, 0.4) is 0 Å². The number of carboxylic acid groups (broad SMARTS) is 1. The Morgan fingerprint density at radius 3 is 2.70 bits per heavy atom. The van der Waals surface area contributed by atoms with Gasteiger partial charge in [-0.2, -0.15) is 4.31 Å². The van der Waals surface area contributed by atoms with Gasteiger partial charge in [0.1, 0.15) is 4.90 Å². The summed E-state index contributed by atoms with van der Waals surface area (Å²) in [5, 5.41) is 9.07. The summed E-state index contributed by atoms with van der Waals surface area (Å²) in [5.41, 5.74) is -1.15. The molecule has 23 heavy (non-hydrogen) atoms. The number of nitrogens with zero attached hydrogens (tertiary/aromatic N) is 1. The first kappa shape index (κ1) is 16.6. The van der Waals surface area contributed by atoms with Crippen LogP contribution in [-0.4, -0.2) is 36.9 Å². The van der Waals surface area contributed by atoms with Gasteiger partial charge in [0, 0.05) is 13.1 Å². The quantitative estimate of drug-likeness (QED) is 0.835. The number of rotatable bonds is 3. The van der Waals surface area contributed by atoms with E-state index >= 15 is 0 Å². The largest absolute Gasteiger partial charge is 0.481 e. The topological polar surface area (TPSA) is 74.7 Å². The number of carboxylic acids is 1. The lowest BCUT2D eigenvalue weighted by atomic mass is 9.81. The molecule has 0 bridgehead atoms. The van der Waals surface area contributed by atoms with Crippen molar-refractivity contribution in [3.8, 4) is 0 Å². The van der Waals surface area contributed by atoms with E-state index in [1.807, 2.05) is 0 Å². The Bertz CT molecular complexity index is 785. The van der Waals surface area contributed by atoms with Gasteiger partial charge in [-0.3, -0.25) is 4.79 Å². The molecule has 2 aliphatic rings. The van der Waals surface area contributed by atoms with Crippen LogP contribution in [0.4, 0.5) is 8.78 Å². The highest BCUT2D eigenvalue weighted by molar-refractivity contribution is 7.89. The van der Waals surface area contributed by atoms with Crippen LogP contribution in [0, 0.1) is 23.0 Å². The van der Waals surface area contributed by atoms with Gasteiger partial charge in [0.2, 0.25) is 10.0 Å². The van der Waals surface area contributed by atoms with Crippen molar-refractivity contribution < 1.29 is 27.1 Å². The Kier molecular flexibility index (Phi) is 3.89. The van der Waals surface area contributed by atoms with Crippen LogP contribution < -0.4 is 0 Å². The Hall–Kier alpha value is -1.25. The second-order valence-corrected chi connectivity index (χ2v) is 8.30. The summed E-state index contributed by atoms with van der Waals surface area (Å²) in [7, 11) is -4.41. The number of carbonyl (C=O) groups is 1. The van der Waals surface area contributed by atoms with Crippen LogP contribution in [0.15, 0.2) is 17.0 Å². The summed E-state index contributed by atoms with van der Waals surface area (Å²) < 4.78 is 53.6. The van der Waals surface area contributed by atoms with Crippen molar-refractivity contribution in [2.24, 2.45) is 11.3 Å². The Morgan fingerprint density at radius 1 is 1.39 bits per heavy atom. The van der Waals surface area contributed by atoms with Crippen LogP contribution >= 0.6 is 11.6 Å². The molecule has 0 radical (unpaired) electrons. The van der Waals surface area contributed by atoms with Crippen molar-refractivity contribution in [2.45, 2.75) is 24.2 Å². The SMILES string of the molecule is O=C(O)[C@@]12CCC[C@H]1CN(S(=O)(=O)c1c(Cl)ccc(F)c1F)C2. The Labute approximate surface area is 136 Å². The number of hydrogen-bond donors (Lipinski definition) is 1. The van der Waals surface area contributed by atoms with Gasteiger partial charge in [-0.05, 0) is 30.9 Å². The lowest BCUT2D eigenvalue weighted by Gasteiger charge is -2.23. The predicted octanol–water partition coefficient (Wildman–Crippen LogP) is 2.49. The molecule has 1 aromatic carbocycles. The molecule has 1 aromatic rings. The molecule has 5 nitrogen and oxygen atoms in total. The van der Waals surface area contributed by atoms with Crippen LogP contribution in [-0.2, 0) is 14.8 Å². The van der Waals surface area contributed by atoms with Crippen molar-refractivity contribution >= 4 is 27.6 Å². The van der Waals surface area contributed by atoms with E-state index in [4.69, 9.17) is 11.6 Å². The molecular weight excluding hydrogens is 352 g/mol. The smallest absolute Gasteiger partial charge is 0.311 e. The Balaban J connectivity index is 2.03. The van der Waals surface area contributed by atoms with Crippen LogP contribution in [0.25, 0.3) is 0 Å². The number of hydrogen-bond acceptors (Lipinski definition) is 3. The van der Waals surface area contributed by atoms with E-state index < -0.39 is 43.0 Å². The van der Waals surface area contributed by atoms with Gasteiger partial charge < -0.3 is 5.11 Å². The van der Waals surface area contributed by atoms with E-state index in [9.17, 15) is 27.1 Å². The average molecular weight is 366 g/mol. The molecule has 0 aromatic heterocycles. The van der Waals surface area contributed by atoms with E-state index in [2.05, 4.69) is 0 Å². The normalized spacial score (nSPS) is 28.0. The van der Waals surface area contributed by atoms with Crippen LogP contribution in [0.5, 0.6) is 0 Å². The highest BCUT2D eigenvalue weighted by atomic mass is 35.5. The van der Waals surface area contributed by atoms with Gasteiger partial charge in [0.15, 0.2) is 11.6 Å². The molecule has 1 N–H and O–H groups in total. The summed E-state index contributed by atoms with van der Waals surface area (Å²) in [4.78, 5) is 10.7. The summed E-state index contributed by atoms with van der Waals surface area (Å²) in [6.45, 7) is -0.275. The van der Waals surface area contributed by atoms with E-state index in [1.165, 1.54) is 0 Å². The Morgan fingerprint density at radius 2 is 2.09 bits per heavy atom. The molecule has 1 heterocycles. The molecule has 0 unspecified atom stereocenters. The fourth-order valence-electron chi connectivity index (χ4n) is 3.65. The molecule has 9 heteroatoms. The summed E-state index contributed by atoms with van der Waals surface area (Å²) in [6.07, 6.45) is 1.68. The lowest BCUT2D eigenvalue weighted by Crippen LogP contribution is -2.37. The van der Waals surface area contributed by atoms with Crippen molar-refractivity contribution in [1.82, 2.24) is 4.31 Å². The summed E-state index contributed by atoms with van der Waals surface area (Å²) in [6, 6.07) is 1.71. The maximum atomic E-state index is 14.0. The zero-order valence-electron chi connectivity index (χ0n) is 11.9. The van der Waals surface area contributed by atoms with Gasteiger partial charge >= 0.3 is 5.97 Å². The zero-order valence-corrected chi connectivity index (χ0v) is 13.5. The van der Waals surface area contributed by atoms with Crippen molar-refractivity contribution in [2.75, 3.05) is 13.1 Å². The number of halogens is 3. The number of sulfonamides is 1. The number of fused-ring (bicyclic) bond motifs is 1. The van der Waals surface area contributed by atoms with E-state index in [0.717, 1.165) is 16.4 Å².